The van der Waals surface area contributed by atoms with Gasteiger partial charge in [0.15, 0.2) is 5.65 Å². The van der Waals surface area contributed by atoms with Crippen molar-refractivity contribution in [3.05, 3.63) is 82.9 Å². The van der Waals surface area contributed by atoms with Crippen LogP contribution in [0.5, 0.6) is 5.75 Å². The van der Waals surface area contributed by atoms with Crippen molar-refractivity contribution in [2.45, 2.75) is 52.8 Å². The number of ether oxygens (including phenoxy) is 2. The highest BCUT2D eigenvalue weighted by molar-refractivity contribution is 5.98. The Labute approximate surface area is 250 Å². The lowest BCUT2D eigenvalue weighted by Gasteiger charge is -2.23. The van der Waals surface area contributed by atoms with Crippen LogP contribution in [0.2, 0.25) is 0 Å². The van der Waals surface area contributed by atoms with Crippen molar-refractivity contribution in [3.8, 4) is 16.9 Å². The fourth-order valence-electron chi connectivity index (χ4n) is 5.04. The maximum Gasteiger partial charge on any atom is 0.410 e. The first-order chi connectivity index (χ1) is 20.5. The number of nitrogens with zero attached hydrogens (tertiary/aromatic N) is 4. The fraction of sp³-hybridized carbons (Fsp3) is 0.333. The number of amides is 2. The van der Waals surface area contributed by atoms with E-state index in [9.17, 15) is 9.59 Å². The van der Waals surface area contributed by atoms with Gasteiger partial charge in [-0.05, 0) is 79.8 Å². The molecule has 1 aliphatic heterocycles. The number of aromatic nitrogens is 3. The minimum absolute atomic E-state index is 0.110. The molecule has 43 heavy (non-hydrogen) atoms. The van der Waals surface area contributed by atoms with E-state index in [-0.39, 0.29) is 18.5 Å². The van der Waals surface area contributed by atoms with Gasteiger partial charge in [0.25, 0.3) is 0 Å². The van der Waals surface area contributed by atoms with Gasteiger partial charge in [0, 0.05) is 38.3 Å². The summed E-state index contributed by atoms with van der Waals surface area (Å²) in [6.45, 7) is 8.51. The molecule has 0 unspecified atom stereocenters. The Kier molecular flexibility index (Phi) is 8.47. The number of hydrogen-bond acceptors (Lipinski definition) is 6. The van der Waals surface area contributed by atoms with E-state index in [1.165, 1.54) is 13.0 Å². The molecule has 2 amide bonds. The number of hydrogen-bond donors (Lipinski definition) is 1. The maximum absolute atomic E-state index is 15.1. The molecule has 0 atom stereocenters. The number of rotatable bonds is 7. The van der Waals surface area contributed by atoms with Crippen LogP contribution >= 0.6 is 0 Å². The van der Waals surface area contributed by atoms with Crippen molar-refractivity contribution < 1.29 is 23.5 Å². The van der Waals surface area contributed by atoms with Crippen LogP contribution in [0.1, 0.15) is 50.9 Å². The Morgan fingerprint density at radius 2 is 1.88 bits per heavy atom. The second kappa shape index (κ2) is 12.2. The normalized spacial score (nSPS) is 14.4. The van der Waals surface area contributed by atoms with Crippen molar-refractivity contribution in [2.24, 2.45) is 0 Å². The zero-order valence-corrected chi connectivity index (χ0v) is 25.1. The molecular formula is C33H36FN5O4. The topological polar surface area (TPSA) is 98.6 Å². The highest BCUT2D eigenvalue weighted by Gasteiger charge is 2.27. The molecule has 0 radical (unpaired) electrons. The molecule has 0 spiro atoms. The summed E-state index contributed by atoms with van der Waals surface area (Å²) in [6.07, 6.45) is 4.05. The molecule has 224 valence electrons. The van der Waals surface area contributed by atoms with Crippen molar-refractivity contribution in [1.82, 2.24) is 25.0 Å². The Hall–Kier alpha value is -4.73. The zero-order chi connectivity index (χ0) is 30.7. The first kappa shape index (κ1) is 29.8. The number of nitrogens with one attached hydrogen (secondary N) is 1. The Morgan fingerprint density at radius 1 is 1.12 bits per heavy atom. The van der Waals surface area contributed by atoms with Gasteiger partial charge in [-0.15, -0.1) is 0 Å². The van der Waals surface area contributed by atoms with Gasteiger partial charge in [-0.25, -0.2) is 18.9 Å². The molecule has 1 saturated heterocycles. The second-order valence-electron chi connectivity index (χ2n) is 11.6. The largest absolute Gasteiger partial charge is 0.497 e. The summed E-state index contributed by atoms with van der Waals surface area (Å²) in [5, 5.41) is 8.39. The van der Waals surface area contributed by atoms with E-state index in [4.69, 9.17) is 14.6 Å². The molecule has 4 aromatic rings. The Balaban J connectivity index is 1.55. The SMILES string of the molecule is COc1ccc(Cn2nc(/C=C3/CCN(C(=O)OC(C)(C)C)C3)c3c(-c4ccc(CNC(C)=O)c(F)c4)ccnc32)cc1. The van der Waals surface area contributed by atoms with Gasteiger partial charge in [0.2, 0.25) is 5.91 Å². The number of carbonyl (C=O) groups is 2. The van der Waals surface area contributed by atoms with E-state index in [0.717, 1.165) is 27.8 Å². The van der Waals surface area contributed by atoms with Gasteiger partial charge in [-0.2, -0.15) is 5.10 Å². The molecule has 1 N–H and O–H groups in total. The van der Waals surface area contributed by atoms with E-state index >= 15 is 4.39 Å². The third kappa shape index (κ3) is 7.02. The second-order valence-corrected chi connectivity index (χ2v) is 11.6. The highest BCUT2D eigenvalue weighted by atomic mass is 19.1. The van der Waals surface area contributed by atoms with Crippen molar-refractivity contribution >= 4 is 29.1 Å². The lowest BCUT2D eigenvalue weighted by molar-refractivity contribution is -0.119. The van der Waals surface area contributed by atoms with E-state index < -0.39 is 11.4 Å². The van der Waals surface area contributed by atoms with Crippen LogP contribution in [0.4, 0.5) is 9.18 Å². The van der Waals surface area contributed by atoms with E-state index in [1.807, 2.05) is 67.9 Å². The molecule has 1 fully saturated rings. The molecular weight excluding hydrogens is 549 g/mol. The first-order valence-corrected chi connectivity index (χ1v) is 14.2. The van der Waals surface area contributed by atoms with Crippen LogP contribution in [-0.2, 0) is 22.6 Å². The number of methoxy groups -OCH3 is 1. The zero-order valence-electron chi connectivity index (χ0n) is 25.1. The number of halogens is 1. The van der Waals surface area contributed by atoms with Crippen LogP contribution in [0, 0.1) is 5.82 Å². The molecule has 5 rings (SSSR count). The summed E-state index contributed by atoms with van der Waals surface area (Å²) >= 11 is 0. The summed E-state index contributed by atoms with van der Waals surface area (Å²) in [7, 11) is 1.63. The number of benzene rings is 2. The van der Waals surface area contributed by atoms with Gasteiger partial charge in [0.05, 0.1) is 24.7 Å². The van der Waals surface area contributed by atoms with Crippen molar-refractivity contribution in [2.75, 3.05) is 20.2 Å². The van der Waals surface area contributed by atoms with Crippen LogP contribution < -0.4 is 10.1 Å². The standard InChI is InChI=1S/C33H36FN5O4/c1-21(40)36-18-25-9-8-24(17-28(25)34)27-12-14-35-31-30(27)29(37-39(31)20-22-6-10-26(42-5)11-7-22)16-23-13-15-38(19-23)32(41)43-33(2,3)4/h6-12,14,16-17H,13,15,18-20H2,1-5H3,(H,36,40)/b23-16-. The minimum Gasteiger partial charge on any atom is -0.497 e. The summed E-state index contributed by atoms with van der Waals surface area (Å²) in [5.74, 6) is 0.128. The maximum atomic E-state index is 15.1. The molecule has 2 aromatic heterocycles. The van der Waals surface area contributed by atoms with Gasteiger partial charge in [0.1, 0.15) is 17.2 Å². The molecule has 2 aromatic carbocycles. The molecule has 0 saturated carbocycles. The molecule has 1 aliphatic rings. The van der Waals surface area contributed by atoms with Gasteiger partial charge >= 0.3 is 6.09 Å². The quantitative estimate of drug-likeness (QED) is 0.288. The average Bonchev–Trinajstić information content (AvgIpc) is 3.57. The molecule has 9 nitrogen and oxygen atoms in total. The van der Waals surface area contributed by atoms with Crippen molar-refractivity contribution in [1.29, 1.82) is 0 Å². The Morgan fingerprint density at radius 3 is 2.56 bits per heavy atom. The predicted octanol–water partition coefficient (Wildman–Crippen LogP) is 5.95. The third-order valence-electron chi connectivity index (χ3n) is 7.13. The van der Waals surface area contributed by atoms with E-state index in [2.05, 4.69) is 10.3 Å². The fourth-order valence-corrected chi connectivity index (χ4v) is 5.04. The lowest BCUT2D eigenvalue weighted by Crippen LogP contribution is -2.34. The number of pyridine rings is 1. The number of fused-ring (bicyclic) bond motifs is 1. The first-order valence-electron chi connectivity index (χ1n) is 14.2. The summed E-state index contributed by atoms with van der Waals surface area (Å²) < 4.78 is 27.9. The van der Waals surface area contributed by atoms with Crippen LogP contribution in [0.3, 0.4) is 0 Å². The average molecular weight is 586 g/mol. The summed E-state index contributed by atoms with van der Waals surface area (Å²) in [6, 6.07) is 14.6. The highest BCUT2D eigenvalue weighted by Crippen LogP contribution is 2.33. The number of likely N-dealkylation sites (tertiary alicyclic amines) is 1. The summed E-state index contributed by atoms with van der Waals surface area (Å²) in [5.41, 5.74) is 4.67. The van der Waals surface area contributed by atoms with Crippen LogP contribution in [0.25, 0.3) is 28.2 Å². The Bertz CT molecular complexity index is 1690. The van der Waals surface area contributed by atoms with Gasteiger partial charge < -0.3 is 19.7 Å². The van der Waals surface area contributed by atoms with Crippen LogP contribution in [0.15, 0.2) is 60.3 Å². The van der Waals surface area contributed by atoms with E-state index in [0.29, 0.717) is 48.5 Å². The smallest absolute Gasteiger partial charge is 0.410 e. The van der Waals surface area contributed by atoms with Gasteiger partial charge in [-0.3, -0.25) is 4.79 Å². The predicted molar refractivity (Wildman–Crippen MR) is 163 cm³/mol. The number of carbonyl (C=O) groups excluding carboxylic acids is 2. The minimum atomic E-state index is -0.576. The molecule has 3 heterocycles. The monoisotopic (exact) mass is 585 g/mol. The molecule has 0 bridgehead atoms. The van der Waals surface area contributed by atoms with E-state index in [1.54, 1.807) is 24.3 Å². The van der Waals surface area contributed by atoms with Crippen LogP contribution in [-0.4, -0.2) is 57.5 Å². The third-order valence-corrected chi connectivity index (χ3v) is 7.13. The molecule has 0 aliphatic carbocycles. The lowest BCUT2D eigenvalue weighted by atomic mass is 9.99. The van der Waals surface area contributed by atoms with Gasteiger partial charge in [-0.1, -0.05) is 24.3 Å². The summed E-state index contributed by atoms with van der Waals surface area (Å²) in [4.78, 5) is 30.4. The molecule has 10 heteroatoms. The van der Waals surface area contributed by atoms with Crippen molar-refractivity contribution in [3.63, 3.8) is 0 Å².